The summed E-state index contributed by atoms with van der Waals surface area (Å²) in [5.74, 6) is 0.517. The van der Waals surface area contributed by atoms with Crippen molar-refractivity contribution < 1.29 is 9.21 Å². The van der Waals surface area contributed by atoms with E-state index in [0.717, 1.165) is 18.4 Å². The Morgan fingerprint density at radius 2 is 1.90 bits per heavy atom. The summed E-state index contributed by atoms with van der Waals surface area (Å²) in [7, 11) is 0. The van der Waals surface area contributed by atoms with Crippen LogP contribution in [-0.4, -0.2) is 33.1 Å². The second-order valence-electron chi connectivity index (χ2n) is 5.48. The van der Waals surface area contributed by atoms with Gasteiger partial charge < -0.3 is 9.32 Å². The van der Waals surface area contributed by atoms with Crippen molar-refractivity contribution in [2.75, 3.05) is 0 Å². The van der Waals surface area contributed by atoms with Crippen LogP contribution in [0.15, 0.2) is 28.7 Å². The zero-order valence-electron chi connectivity index (χ0n) is 12.0. The molecule has 0 bridgehead atoms. The van der Waals surface area contributed by atoms with Gasteiger partial charge in [0.1, 0.15) is 0 Å². The highest BCUT2D eigenvalue weighted by Gasteiger charge is 2.31. The van der Waals surface area contributed by atoms with Crippen LogP contribution in [0.4, 0.5) is 0 Å². The minimum Gasteiger partial charge on any atom is -0.409 e. The number of H-pyrrole nitrogens is 1. The highest BCUT2D eigenvalue weighted by molar-refractivity contribution is 7.71. The van der Waals surface area contributed by atoms with E-state index in [-0.39, 0.29) is 10.7 Å². The molecule has 1 aliphatic heterocycles. The molecule has 3 rings (SSSR count). The van der Waals surface area contributed by atoms with Crippen LogP contribution in [0.25, 0.3) is 11.5 Å². The van der Waals surface area contributed by atoms with Gasteiger partial charge in [-0.05, 0) is 63.2 Å². The number of amides is 1. The van der Waals surface area contributed by atoms with Crippen LogP contribution >= 0.6 is 12.2 Å². The molecule has 0 aliphatic carbocycles. The third kappa shape index (κ3) is 2.63. The molecule has 1 N–H and O–H groups in total. The van der Waals surface area contributed by atoms with Crippen LogP contribution in [-0.2, 0) is 0 Å². The lowest BCUT2D eigenvalue weighted by Gasteiger charge is -2.26. The fourth-order valence-electron chi connectivity index (χ4n) is 2.85. The maximum Gasteiger partial charge on any atom is 0.284 e. The number of hydrogen-bond acceptors (Lipinski definition) is 4. The number of benzene rings is 1. The van der Waals surface area contributed by atoms with Gasteiger partial charge in [0, 0.05) is 23.2 Å². The second-order valence-corrected chi connectivity index (χ2v) is 5.85. The van der Waals surface area contributed by atoms with E-state index in [1.807, 2.05) is 29.2 Å². The summed E-state index contributed by atoms with van der Waals surface area (Å²) < 4.78 is 5.26. The van der Waals surface area contributed by atoms with Crippen molar-refractivity contribution >= 4 is 18.1 Å². The smallest absolute Gasteiger partial charge is 0.284 e. The SMILES string of the molecule is CC1CCC(C)N1C(=O)c1ccc(-c2n[nH]c(=S)o2)cc1. The fourth-order valence-corrected chi connectivity index (χ4v) is 2.98. The molecular weight excluding hydrogens is 286 g/mol. The van der Waals surface area contributed by atoms with E-state index < -0.39 is 0 Å². The van der Waals surface area contributed by atoms with Crippen LogP contribution in [0, 0.1) is 4.84 Å². The number of aromatic amines is 1. The van der Waals surface area contributed by atoms with Gasteiger partial charge >= 0.3 is 0 Å². The van der Waals surface area contributed by atoms with E-state index in [1.165, 1.54) is 0 Å². The Kier molecular flexibility index (Phi) is 3.63. The Balaban J connectivity index is 1.84. The first kappa shape index (κ1) is 14.0. The highest BCUT2D eigenvalue weighted by atomic mass is 32.1. The Hall–Kier alpha value is -1.95. The summed E-state index contributed by atoms with van der Waals surface area (Å²) in [6.45, 7) is 4.20. The van der Waals surface area contributed by atoms with E-state index in [4.69, 9.17) is 16.6 Å². The molecule has 2 unspecified atom stereocenters. The van der Waals surface area contributed by atoms with Crippen LogP contribution < -0.4 is 0 Å². The van der Waals surface area contributed by atoms with Crippen molar-refractivity contribution in [2.24, 2.45) is 0 Å². The molecule has 1 fully saturated rings. The molecular formula is C15H17N3O2S. The molecule has 1 aromatic heterocycles. The molecule has 1 saturated heterocycles. The van der Waals surface area contributed by atoms with Gasteiger partial charge in [-0.2, -0.15) is 0 Å². The molecule has 0 saturated carbocycles. The predicted molar refractivity (Wildman–Crippen MR) is 81.5 cm³/mol. The van der Waals surface area contributed by atoms with Crippen molar-refractivity contribution in [2.45, 2.75) is 38.8 Å². The molecule has 1 aliphatic rings. The molecule has 1 amide bonds. The topological polar surface area (TPSA) is 62.1 Å². The van der Waals surface area contributed by atoms with Gasteiger partial charge in [-0.15, -0.1) is 5.10 Å². The van der Waals surface area contributed by atoms with Crippen molar-refractivity contribution in [1.29, 1.82) is 0 Å². The van der Waals surface area contributed by atoms with Gasteiger partial charge in [-0.1, -0.05) is 0 Å². The third-order valence-electron chi connectivity index (χ3n) is 4.00. The monoisotopic (exact) mass is 303 g/mol. The van der Waals surface area contributed by atoms with Crippen molar-refractivity contribution in [1.82, 2.24) is 15.1 Å². The Labute approximate surface area is 128 Å². The first-order chi connectivity index (χ1) is 10.1. The summed E-state index contributed by atoms with van der Waals surface area (Å²) in [4.78, 5) is 14.8. The summed E-state index contributed by atoms with van der Waals surface area (Å²) in [5.41, 5.74) is 1.48. The Morgan fingerprint density at radius 3 is 2.43 bits per heavy atom. The standard InChI is InChI=1S/C15H17N3O2S/c1-9-3-4-10(2)18(9)14(19)12-7-5-11(6-8-12)13-16-17-15(21)20-13/h5-10H,3-4H2,1-2H3,(H,17,21). The zero-order valence-corrected chi connectivity index (χ0v) is 12.8. The molecule has 0 spiro atoms. The van der Waals surface area contributed by atoms with Crippen molar-refractivity contribution in [3.05, 3.63) is 34.7 Å². The minimum absolute atomic E-state index is 0.0852. The summed E-state index contributed by atoms with van der Waals surface area (Å²) in [6.07, 6.45) is 2.14. The first-order valence-corrected chi connectivity index (χ1v) is 7.45. The van der Waals surface area contributed by atoms with Crippen molar-refractivity contribution in [3.8, 4) is 11.5 Å². The zero-order chi connectivity index (χ0) is 15.0. The molecule has 5 nitrogen and oxygen atoms in total. The number of rotatable bonds is 2. The number of aromatic nitrogens is 2. The van der Waals surface area contributed by atoms with E-state index in [2.05, 4.69) is 24.0 Å². The quantitative estimate of drug-likeness (QED) is 0.864. The molecule has 2 atom stereocenters. The molecule has 2 aromatic rings. The normalized spacial score (nSPS) is 21.7. The first-order valence-electron chi connectivity index (χ1n) is 7.05. The van der Waals surface area contributed by atoms with Crippen LogP contribution in [0.2, 0.25) is 0 Å². The van der Waals surface area contributed by atoms with E-state index in [9.17, 15) is 4.79 Å². The number of nitrogens with zero attached hydrogens (tertiary/aromatic N) is 2. The number of nitrogens with one attached hydrogen (secondary N) is 1. The minimum atomic E-state index is 0.0852. The molecule has 1 aromatic carbocycles. The van der Waals surface area contributed by atoms with Crippen LogP contribution in [0.3, 0.4) is 0 Å². The van der Waals surface area contributed by atoms with Gasteiger partial charge in [0.15, 0.2) is 0 Å². The number of carbonyl (C=O) groups excluding carboxylic acids is 1. The number of likely N-dealkylation sites (tertiary alicyclic amines) is 1. The van der Waals surface area contributed by atoms with Crippen LogP contribution in [0.5, 0.6) is 0 Å². The Bertz CT molecular complexity index is 694. The summed E-state index contributed by atoms with van der Waals surface area (Å²) in [5, 5.41) is 6.55. The second kappa shape index (κ2) is 5.44. The van der Waals surface area contributed by atoms with Gasteiger partial charge in [0.2, 0.25) is 5.89 Å². The molecule has 110 valence electrons. The maximum atomic E-state index is 12.6. The van der Waals surface area contributed by atoms with Gasteiger partial charge in [0.05, 0.1) is 0 Å². The van der Waals surface area contributed by atoms with Crippen molar-refractivity contribution in [3.63, 3.8) is 0 Å². The van der Waals surface area contributed by atoms with E-state index >= 15 is 0 Å². The lowest BCUT2D eigenvalue weighted by atomic mass is 10.1. The van der Waals surface area contributed by atoms with Gasteiger partial charge in [-0.3, -0.25) is 4.79 Å². The summed E-state index contributed by atoms with van der Waals surface area (Å²) in [6, 6.07) is 7.87. The van der Waals surface area contributed by atoms with Gasteiger partial charge in [-0.25, -0.2) is 5.10 Å². The largest absolute Gasteiger partial charge is 0.409 e. The molecule has 2 heterocycles. The average Bonchev–Trinajstić information content (AvgIpc) is 3.05. The lowest BCUT2D eigenvalue weighted by molar-refractivity contribution is 0.0693. The van der Waals surface area contributed by atoms with Gasteiger partial charge in [0.25, 0.3) is 10.7 Å². The Morgan fingerprint density at radius 1 is 1.29 bits per heavy atom. The fraction of sp³-hybridized carbons (Fsp3) is 0.400. The maximum absolute atomic E-state index is 12.6. The molecule has 0 radical (unpaired) electrons. The van der Waals surface area contributed by atoms with Crippen LogP contribution in [0.1, 0.15) is 37.0 Å². The number of carbonyl (C=O) groups is 1. The highest BCUT2D eigenvalue weighted by Crippen LogP contribution is 2.26. The molecule has 6 heteroatoms. The lowest BCUT2D eigenvalue weighted by Crippen LogP contribution is -2.38. The number of hydrogen-bond donors (Lipinski definition) is 1. The predicted octanol–water partition coefficient (Wildman–Crippen LogP) is 3.41. The summed E-state index contributed by atoms with van der Waals surface area (Å²) >= 11 is 4.85. The van der Waals surface area contributed by atoms with E-state index in [0.29, 0.717) is 23.5 Å². The molecule has 21 heavy (non-hydrogen) atoms. The van der Waals surface area contributed by atoms with E-state index in [1.54, 1.807) is 0 Å². The third-order valence-corrected chi connectivity index (χ3v) is 4.18. The average molecular weight is 303 g/mol.